The molecule has 4 heteroatoms. The summed E-state index contributed by atoms with van der Waals surface area (Å²) in [6, 6.07) is 0.0256. The molecule has 1 fully saturated rings. The smallest absolute Gasteiger partial charge is 0.116 e. The maximum absolute atomic E-state index is 10.1. The van der Waals surface area contributed by atoms with Gasteiger partial charge in [0.15, 0.2) is 0 Å². The Morgan fingerprint density at radius 3 is 2.53 bits per heavy atom. The molecule has 0 saturated heterocycles. The summed E-state index contributed by atoms with van der Waals surface area (Å²) < 4.78 is 5.13. The number of rotatable bonds is 4. The molecule has 0 bridgehead atoms. The zero-order valence-electron chi connectivity index (χ0n) is 9.72. The minimum Gasteiger partial charge on any atom is -0.396 e. The molecule has 1 saturated carbocycles. The van der Waals surface area contributed by atoms with Crippen molar-refractivity contribution in [1.82, 2.24) is 0 Å². The van der Waals surface area contributed by atoms with Gasteiger partial charge in [0.1, 0.15) is 12.1 Å². The predicted octanol–water partition coefficient (Wildman–Crippen LogP) is -0.741. The zero-order valence-corrected chi connectivity index (χ0v) is 9.72. The minimum atomic E-state index is -0.402. The van der Waals surface area contributed by atoms with Gasteiger partial charge in [0.05, 0.1) is 6.61 Å². The molecule has 0 amide bonds. The van der Waals surface area contributed by atoms with Crippen molar-refractivity contribution in [3.8, 4) is 0 Å². The first-order valence-corrected chi connectivity index (χ1v) is 5.76. The first-order valence-electron chi connectivity index (χ1n) is 5.76. The van der Waals surface area contributed by atoms with Crippen LogP contribution in [0.5, 0.6) is 0 Å². The van der Waals surface area contributed by atoms with Crippen LogP contribution in [-0.2, 0) is 4.74 Å². The van der Waals surface area contributed by atoms with E-state index in [0.717, 1.165) is 12.8 Å². The van der Waals surface area contributed by atoms with Crippen molar-refractivity contribution in [1.29, 1.82) is 0 Å². The van der Waals surface area contributed by atoms with Crippen LogP contribution in [0.3, 0.4) is 0 Å². The highest BCUT2D eigenvalue weighted by Crippen LogP contribution is 2.34. The van der Waals surface area contributed by atoms with Gasteiger partial charge >= 0.3 is 0 Å². The Morgan fingerprint density at radius 2 is 2.07 bits per heavy atom. The number of quaternary nitrogens is 1. The van der Waals surface area contributed by atoms with Gasteiger partial charge in [0.25, 0.3) is 0 Å². The molecule has 90 valence electrons. The van der Waals surface area contributed by atoms with Gasteiger partial charge in [-0.15, -0.1) is 0 Å². The second-order valence-electron chi connectivity index (χ2n) is 4.62. The van der Waals surface area contributed by atoms with Crippen LogP contribution in [0, 0.1) is 17.8 Å². The Kier molecular flexibility index (Phi) is 4.99. The molecule has 0 aromatic heterocycles. The molecule has 15 heavy (non-hydrogen) atoms. The highest BCUT2D eigenvalue weighted by molar-refractivity contribution is 4.90. The summed E-state index contributed by atoms with van der Waals surface area (Å²) in [5.41, 5.74) is 4.03. The molecule has 5 unspecified atom stereocenters. The molecule has 5 N–H and O–H groups in total. The van der Waals surface area contributed by atoms with Crippen molar-refractivity contribution in [3.05, 3.63) is 0 Å². The number of aliphatic hydroxyl groups is 2. The van der Waals surface area contributed by atoms with Crippen LogP contribution < -0.4 is 5.73 Å². The van der Waals surface area contributed by atoms with Gasteiger partial charge < -0.3 is 20.7 Å². The summed E-state index contributed by atoms with van der Waals surface area (Å²) in [5.74, 6) is 0.652. The number of hydrogen-bond acceptors (Lipinski definition) is 3. The van der Waals surface area contributed by atoms with Crippen molar-refractivity contribution in [3.63, 3.8) is 0 Å². The summed E-state index contributed by atoms with van der Waals surface area (Å²) >= 11 is 0. The van der Waals surface area contributed by atoms with Crippen molar-refractivity contribution in [2.75, 3.05) is 20.3 Å². The second kappa shape index (κ2) is 5.80. The third kappa shape index (κ3) is 2.69. The van der Waals surface area contributed by atoms with Gasteiger partial charge in [-0.05, 0) is 18.3 Å². The lowest BCUT2D eigenvalue weighted by molar-refractivity contribution is -0.463. The SMILES string of the molecule is CCC1C(CO)CC(COC)C([NH3+])C1O. The average molecular weight is 218 g/mol. The molecular formula is C11H24NO3+. The maximum Gasteiger partial charge on any atom is 0.116 e. The standard InChI is InChI=1S/C11H23NO3/c1-3-9-7(5-13)4-8(6-15-2)10(12)11(9)14/h7-11,13-14H,3-6,12H2,1-2H3/p+1. The fourth-order valence-electron chi connectivity index (χ4n) is 2.80. The molecule has 1 rings (SSSR count). The molecule has 0 aliphatic heterocycles. The summed E-state index contributed by atoms with van der Waals surface area (Å²) in [5, 5.41) is 19.4. The zero-order chi connectivity index (χ0) is 11.4. The molecule has 1 aliphatic rings. The molecular weight excluding hydrogens is 194 g/mol. The Morgan fingerprint density at radius 1 is 1.40 bits per heavy atom. The highest BCUT2D eigenvalue weighted by Gasteiger charge is 2.43. The van der Waals surface area contributed by atoms with Crippen LogP contribution in [0.4, 0.5) is 0 Å². The fraction of sp³-hybridized carbons (Fsp3) is 1.00. The highest BCUT2D eigenvalue weighted by atomic mass is 16.5. The van der Waals surface area contributed by atoms with Crippen LogP contribution in [0.15, 0.2) is 0 Å². The van der Waals surface area contributed by atoms with Crippen LogP contribution in [-0.4, -0.2) is 42.7 Å². The van der Waals surface area contributed by atoms with E-state index in [0.29, 0.717) is 6.61 Å². The Labute approximate surface area is 91.4 Å². The Hall–Kier alpha value is -0.160. The molecule has 0 radical (unpaired) electrons. The van der Waals surface area contributed by atoms with E-state index >= 15 is 0 Å². The predicted molar refractivity (Wildman–Crippen MR) is 57.0 cm³/mol. The van der Waals surface area contributed by atoms with Gasteiger partial charge in [0, 0.05) is 19.6 Å². The third-order valence-corrected chi connectivity index (χ3v) is 3.78. The van der Waals surface area contributed by atoms with Crippen molar-refractivity contribution in [2.45, 2.75) is 31.9 Å². The van der Waals surface area contributed by atoms with E-state index in [1.54, 1.807) is 7.11 Å². The van der Waals surface area contributed by atoms with Crippen LogP contribution >= 0.6 is 0 Å². The minimum absolute atomic E-state index is 0.0256. The van der Waals surface area contributed by atoms with E-state index in [2.05, 4.69) is 12.7 Å². The topological polar surface area (TPSA) is 77.3 Å². The van der Waals surface area contributed by atoms with Crippen LogP contribution in [0.25, 0.3) is 0 Å². The van der Waals surface area contributed by atoms with E-state index in [-0.39, 0.29) is 30.4 Å². The van der Waals surface area contributed by atoms with E-state index in [4.69, 9.17) is 4.74 Å². The van der Waals surface area contributed by atoms with Gasteiger partial charge in [-0.3, -0.25) is 0 Å². The number of ether oxygens (including phenoxy) is 1. The van der Waals surface area contributed by atoms with E-state index in [1.165, 1.54) is 0 Å². The number of methoxy groups -OCH3 is 1. The fourth-order valence-corrected chi connectivity index (χ4v) is 2.80. The summed E-state index contributed by atoms with van der Waals surface area (Å²) in [6.45, 7) is 2.83. The van der Waals surface area contributed by atoms with E-state index in [9.17, 15) is 10.2 Å². The molecule has 1 aliphatic carbocycles. The van der Waals surface area contributed by atoms with Crippen molar-refractivity contribution >= 4 is 0 Å². The number of aliphatic hydroxyl groups excluding tert-OH is 2. The van der Waals surface area contributed by atoms with Gasteiger partial charge in [-0.25, -0.2) is 0 Å². The van der Waals surface area contributed by atoms with Crippen LogP contribution in [0.1, 0.15) is 19.8 Å². The normalized spacial score (nSPS) is 41.8. The Balaban J connectivity index is 2.68. The molecule has 5 atom stereocenters. The second-order valence-corrected chi connectivity index (χ2v) is 4.62. The first kappa shape index (κ1) is 12.9. The summed E-state index contributed by atoms with van der Waals surface area (Å²) in [6.07, 6.45) is 1.41. The quantitative estimate of drug-likeness (QED) is 0.581. The lowest BCUT2D eigenvalue weighted by atomic mass is 9.69. The monoisotopic (exact) mass is 218 g/mol. The van der Waals surface area contributed by atoms with Crippen molar-refractivity contribution in [2.24, 2.45) is 17.8 Å². The molecule has 0 heterocycles. The van der Waals surface area contributed by atoms with Gasteiger partial charge in [0.2, 0.25) is 0 Å². The lowest BCUT2D eigenvalue weighted by Gasteiger charge is -2.40. The largest absolute Gasteiger partial charge is 0.396 e. The van der Waals surface area contributed by atoms with E-state index in [1.807, 2.05) is 0 Å². The summed E-state index contributed by atoms with van der Waals surface area (Å²) in [4.78, 5) is 0. The third-order valence-electron chi connectivity index (χ3n) is 3.78. The van der Waals surface area contributed by atoms with Crippen molar-refractivity contribution < 1.29 is 20.7 Å². The molecule has 0 aromatic rings. The van der Waals surface area contributed by atoms with Crippen LogP contribution in [0.2, 0.25) is 0 Å². The van der Waals surface area contributed by atoms with Gasteiger partial charge in [-0.1, -0.05) is 13.3 Å². The lowest BCUT2D eigenvalue weighted by Crippen LogP contribution is -2.73. The Bertz CT molecular complexity index is 185. The first-order chi connectivity index (χ1) is 7.15. The molecule has 0 aromatic carbocycles. The maximum atomic E-state index is 10.1. The molecule has 0 spiro atoms. The number of hydrogen-bond donors (Lipinski definition) is 3. The van der Waals surface area contributed by atoms with Gasteiger partial charge in [-0.2, -0.15) is 0 Å². The summed E-state index contributed by atoms with van der Waals surface area (Å²) in [7, 11) is 1.67. The molecule has 4 nitrogen and oxygen atoms in total. The van der Waals surface area contributed by atoms with E-state index < -0.39 is 6.10 Å². The average Bonchev–Trinajstić information content (AvgIpc) is 2.24.